The number of aromatic nitrogens is 1. The molecule has 0 atom stereocenters. The van der Waals surface area contributed by atoms with E-state index in [0.717, 1.165) is 16.7 Å². The lowest BCUT2D eigenvalue weighted by atomic mass is 9.92. The highest BCUT2D eigenvalue weighted by molar-refractivity contribution is 7.87. The Morgan fingerprint density at radius 3 is 2.21 bits per heavy atom. The number of urea groups is 1. The summed E-state index contributed by atoms with van der Waals surface area (Å²) >= 11 is 7.66. The van der Waals surface area contributed by atoms with Crippen LogP contribution in [0.15, 0.2) is 54.0 Å². The van der Waals surface area contributed by atoms with Crippen LogP contribution in [-0.4, -0.2) is 23.7 Å². The van der Waals surface area contributed by atoms with Crippen molar-refractivity contribution in [1.82, 2.24) is 14.0 Å². The third-order valence-corrected chi connectivity index (χ3v) is 7.57. The SMILES string of the molecule is CC(C)c1cc(Cl)cc(C(C)C)c1NC(=O)NS(=O)(=O)N(Cc1ccccc1)Cc1nccs1. The van der Waals surface area contributed by atoms with Gasteiger partial charge in [-0.15, -0.1) is 11.3 Å². The molecule has 182 valence electrons. The topological polar surface area (TPSA) is 91.4 Å². The Labute approximate surface area is 210 Å². The van der Waals surface area contributed by atoms with Crippen LogP contribution in [-0.2, 0) is 23.3 Å². The lowest BCUT2D eigenvalue weighted by molar-refractivity contribution is 0.255. The highest BCUT2D eigenvalue weighted by Gasteiger charge is 2.27. The number of hydrogen-bond acceptors (Lipinski definition) is 5. The van der Waals surface area contributed by atoms with Crippen molar-refractivity contribution >= 4 is 44.9 Å². The standard InChI is InChI=1S/C24H29ClN4O3S2/c1-16(2)20-12-19(25)13-21(17(3)4)23(20)27-24(30)28-34(31,32)29(15-22-26-10-11-33-22)14-18-8-6-5-7-9-18/h5-13,16-17H,14-15H2,1-4H3,(H2,27,28,30). The van der Waals surface area contributed by atoms with Crippen LogP contribution in [0.3, 0.4) is 0 Å². The van der Waals surface area contributed by atoms with Gasteiger partial charge in [-0.05, 0) is 40.7 Å². The molecule has 0 unspecified atom stereocenters. The van der Waals surface area contributed by atoms with Crippen molar-refractivity contribution in [3.63, 3.8) is 0 Å². The fraction of sp³-hybridized carbons (Fsp3) is 0.333. The van der Waals surface area contributed by atoms with Crippen LogP contribution >= 0.6 is 22.9 Å². The van der Waals surface area contributed by atoms with Crippen molar-refractivity contribution in [3.05, 3.63) is 80.8 Å². The van der Waals surface area contributed by atoms with Crippen molar-refractivity contribution in [3.8, 4) is 0 Å². The monoisotopic (exact) mass is 520 g/mol. The van der Waals surface area contributed by atoms with E-state index in [1.807, 2.05) is 58.0 Å². The van der Waals surface area contributed by atoms with Gasteiger partial charge in [-0.25, -0.2) is 14.5 Å². The number of nitrogens with one attached hydrogen (secondary N) is 2. The summed E-state index contributed by atoms with van der Waals surface area (Å²) in [6.07, 6.45) is 1.62. The predicted octanol–water partition coefficient (Wildman–Crippen LogP) is 6.11. The lowest BCUT2D eigenvalue weighted by Gasteiger charge is -2.24. The van der Waals surface area contributed by atoms with Gasteiger partial charge in [0.25, 0.3) is 0 Å². The molecule has 2 aromatic carbocycles. The minimum atomic E-state index is -4.18. The zero-order chi connectivity index (χ0) is 24.9. The van der Waals surface area contributed by atoms with E-state index in [4.69, 9.17) is 11.6 Å². The number of amides is 2. The molecule has 0 radical (unpaired) electrons. The van der Waals surface area contributed by atoms with Gasteiger partial charge in [0, 0.05) is 28.8 Å². The van der Waals surface area contributed by atoms with Gasteiger partial charge in [0.15, 0.2) is 0 Å². The molecule has 0 saturated heterocycles. The molecule has 0 fully saturated rings. The molecular formula is C24H29ClN4O3S2. The third-order valence-electron chi connectivity index (χ3n) is 5.21. The molecule has 0 aliphatic carbocycles. The number of halogens is 1. The van der Waals surface area contributed by atoms with Crippen molar-refractivity contribution in [2.75, 3.05) is 5.32 Å². The number of carbonyl (C=O) groups excluding carboxylic acids is 1. The summed E-state index contributed by atoms with van der Waals surface area (Å²) in [7, 11) is -4.18. The molecule has 1 aromatic heterocycles. The largest absolute Gasteiger partial charge is 0.333 e. The van der Waals surface area contributed by atoms with Gasteiger partial charge in [-0.2, -0.15) is 12.7 Å². The normalized spacial score (nSPS) is 11.9. The number of thiazole rings is 1. The zero-order valence-electron chi connectivity index (χ0n) is 19.6. The van der Waals surface area contributed by atoms with E-state index >= 15 is 0 Å². The average Bonchev–Trinajstić information content (AvgIpc) is 3.27. The van der Waals surface area contributed by atoms with E-state index in [9.17, 15) is 13.2 Å². The summed E-state index contributed by atoms with van der Waals surface area (Å²) in [6.45, 7) is 8.11. The molecule has 3 rings (SSSR count). The van der Waals surface area contributed by atoms with Gasteiger partial charge in [0.05, 0.1) is 6.54 Å². The van der Waals surface area contributed by atoms with Crippen molar-refractivity contribution in [2.24, 2.45) is 0 Å². The van der Waals surface area contributed by atoms with Gasteiger partial charge in [0.2, 0.25) is 0 Å². The molecule has 2 N–H and O–H groups in total. The van der Waals surface area contributed by atoms with Crippen molar-refractivity contribution in [2.45, 2.75) is 52.6 Å². The van der Waals surface area contributed by atoms with E-state index in [0.29, 0.717) is 15.7 Å². The molecule has 2 amide bonds. The zero-order valence-corrected chi connectivity index (χ0v) is 22.0. The summed E-state index contributed by atoms with van der Waals surface area (Å²) in [5.74, 6) is 0.144. The number of hydrogen-bond donors (Lipinski definition) is 2. The Morgan fingerprint density at radius 2 is 1.68 bits per heavy atom. The van der Waals surface area contributed by atoms with Gasteiger partial charge in [0.1, 0.15) is 5.01 Å². The Kier molecular flexibility index (Phi) is 8.70. The highest BCUT2D eigenvalue weighted by Crippen LogP contribution is 2.35. The first-order valence-electron chi connectivity index (χ1n) is 10.9. The highest BCUT2D eigenvalue weighted by atomic mass is 35.5. The minimum absolute atomic E-state index is 0.0462. The van der Waals surface area contributed by atoms with Gasteiger partial charge < -0.3 is 5.32 Å². The van der Waals surface area contributed by atoms with Crippen molar-refractivity contribution in [1.29, 1.82) is 0 Å². The van der Waals surface area contributed by atoms with E-state index < -0.39 is 16.2 Å². The predicted molar refractivity (Wildman–Crippen MR) is 139 cm³/mol. The first-order chi connectivity index (χ1) is 16.1. The molecule has 10 heteroatoms. The second-order valence-corrected chi connectivity index (χ2v) is 11.6. The van der Waals surface area contributed by atoms with Crippen LogP contribution in [0.1, 0.15) is 61.2 Å². The molecular weight excluding hydrogens is 492 g/mol. The summed E-state index contributed by atoms with van der Waals surface area (Å²) in [5, 5.41) is 5.76. The van der Waals surface area contributed by atoms with Crippen LogP contribution in [0, 0.1) is 0 Å². The Balaban J connectivity index is 1.87. The minimum Gasteiger partial charge on any atom is -0.307 e. The first-order valence-corrected chi connectivity index (χ1v) is 13.6. The average molecular weight is 521 g/mol. The summed E-state index contributed by atoms with van der Waals surface area (Å²) in [4.78, 5) is 17.1. The van der Waals surface area contributed by atoms with Crippen LogP contribution in [0.25, 0.3) is 0 Å². The smallest absolute Gasteiger partial charge is 0.307 e. The van der Waals surface area contributed by atoms with Gasteiger partial charge in [-0.3, -0.25) is 0 Å². The summed E-state index contributed by atoms with van der Waals surface area (Å²) < 4.78 is 29.9. The van der Waals surface area contributed by atoms with Crippen LogP contribution < -0.4 is 10.0 Å². The third kappa shape index (κ3) is 6.79. The summed E-state index contributed by atoms with van der Waals surface area (Å²) in [6, 6.07) is 12.0. The van der Waals surface area contributed by atoms with E-state index in [1.54, 1.807) is 23.7 Å². The number of benzene rings is 2. The Hall–Kier alpha value is -2.46. The van der Waals surface area contributed by atoms with Crippen molar-refractivity contribution < 1.29 is 13.2 Å². The molecule has 0 aliphatic heterocycles. The van der Waals surface area contributed by atoms with E-state index in [1.165, 1.54) is 15.6 Å². The van der Waals surface area contributed by atoms with E-state index in [2.05, 4.69) is 15.0 Å². The fourth-order valence-corrected chi connectivity index (χ4v) is 5.49. The second-order valence-electron chi connectivity index (χ2n) is 8.51. The molecule has 7 nitrogen and oxygen atoms in total. The second kappa shape index (κ2) is 11.3. The maximum absolute atomic E-state index is 13.3. The molecule has 0 aliphatic rings. The molecule has 0 saturated carbocycles. The van der Waals surface area contributed by atoms with Gasteiger partial charge in [-0.1, -0.05) is 69.6 Å². The Bertz CT molecular complexity index is 1190. The maximum atomic E-state index is 13.3. The molecule has 34 heavy (non-hydrogen) atoms. The van der Waals surface area contributed by atoms with Gasteiger partial charge >= 0.3 is 16.2 Å². The Morgan fingerprint density at radius 1 is 1.06 bits per heavy atom. The van der Waals surface area contributed by atoms with E-state index in [-0.39, 0.29) is 24.9 Å². The number of nitrogens with zero attached hydrogens (tertiary/aromatic N) is 2. The fourth-order valence-electron chi connectivity index (χ4n) is 3.52. The van der Waals surface area contributed by atoms with Crippen LogP contribution in [0.4, 0.5) is 10.5 Å². The number of carbonyl (C=O) groups is 1. The molecule has 3 aromatic rings. The molecule has 0 spiro atoms. The quantitative estimate of drug-likeness (QED) is 0.356. The summed E-state index contributed by atoms with van der Waals surface area (Å²) in [5.41, 5.74) is 3.06. The maximum Gasteiger partial charge on any atom is 0.333 e. The number of rotatable bonds is 9. The lowest BCUT2D eigenvalue weighted by Crippen LogP contribution is -2.44. The van der Waals surface area contributed by atoms with Crippen LogP contribution in [0.2, 0.25) is 5.02 Å². The first kappa shape index (κ1) is 26.2. The molecule has 1 heterocycles. The van der Waals surface area contributed by atoms with Crippen LogP contribution in [0.5, 0.6) is 0 Å². The number of anilines is 1. The molecule has 0 bridgehead atoms.